The van der Waals surface area contributed by atoms with E-state index in [-0.39, 0.29) is 31.0 Å². The number of rotatable bonds is 14. The van der Waals surface area contributed by atoms with Crippen molar-refractivity contribution in [2.75, 3.05) is 17.8 Å². The Morgan fingerprint density at radius 3 is 2.50 bits per heavy atom. The Balaban J connectivity index is 1.45. The first-order valence-corrected chi connectivity index (χ1v) is 18.2. The van der Waals surface area contributed by atoms with Crippen LogP contribution in [0.5, 0.6) is 0 Å². The minimum atomic E-state index is -4.34. The number of piperidine rings is 1. The number of fused-ring (bicyclic) bond motifs is 1. The molecule has 44 heavy (non-hydrogen) atoms. The van der Waals surface area contributed by atoms with Crippen molar-refractivity contribution in [2.45, 2.75) is 56.7 Å². The highest BCUT2D eigenvalue weighted by Crippen LogP contribution is 2.38. The second kappa shape index (κ2) is 15.7. The summed E-state index contributed by atoms with van der Waals surface area (Å²) in [5.74, 6) is -2.20. The van der Waals surface area contributed by atoms with E-state index in [1.807, 2.05) is 60.0 Å². The molecule has 3 aromatic rings. The monoisotopic (exact) mass is 660 g/mol. The average molecular weight is 661 g/mol. The van der Waals surface area contributed by atoms with Gasteiger partial charge in [0.25, 0.3) is 0 Å². The molecule has 0 radical (unpaired) electrons. The van der Waals surface area contributed by atoms with Gasteiger partial charge in [-0.1, -0.05) is 48.5 Å². The molecule has 4 rings (SSSR count). The van der Waals surface area contributed by atoms with Crippen LogP contribution in [-0.2, 0) is 36.6 Å². The lowest BCUT2D eigenvalue weighted by atomic mass is 9.98. The topological polar surface area (TPSA) is 179 Å². The lowest BCUT2D eigenvalue weighted by Crippen LogP contribution is -2.60. The lowest BCUT2D eigenvalue weighted by molar-refractivity contribution is -0.145. The molecule has 3 atom stereocenters. The summed E-state index contributed by atoms with van der Waals surface area (Å²) in [7, 11) is -4.34. The summed E-state index contributed by atoms with van der Waals surface area (Å²) in [5.41, 5.74) is 5.98. The van der Waals surface area contributed by atoms with Crippen LogP contribution in [0.2, 0.25) is 0 Å². The van der Waals surface area contributed by atoms with Crippen molar-refractivity contribution in [2.24, 2.45) is 5.73 Å². The van der Waals surface area contributed by atoms with Gasteiger partial charge in [0.05, 0.1) is 5.49 Å². The lowest BCUT2D eigenvalue weighted by Gasteiger charge is -2.37. The largest absolute Gasteiger partial charge is 0.368 e. The molecule has 2 aromatic carbocycles. The fraction of sp³-hybridized carbons (Fsp3) is 0.400. The van der Waals surface area contributed by atoms with E-state index < -0.39 is 48.9 Å². The van der Waals surface area contributed by atoms with Gasteiger partial charge < -0.3 is 31.1 Å². The highest BCUT2D eigenvalue weighted by Gasteiger charge is 2.37. The van der Waals surface area contributed by atoms with Crippen molar-refractivity contribution in [3.8, 4) is 0 Å². The van der Waals surface area contributed by atoms with Gasteiger partial charge in [0.15, 0.2) is 0 Å². The van der Waals surface area contributed by atoms with Gasteiger partial charge in [-0.15, -0.1) is 23.1 Å². The van der Waals surface area contributed by atoms with E-state index in [0.29, 0.717) is 25.7 Å². The molecule has 0 bridgehead atoms. The molecule has 4 amide bonds. The van der Waals surface area contributed by atoms with Crippen LogP contribution < -0.4 is 16.4 Å². The highest BCUT2D eigenvalue weighted by molar-refractivity contribution is 8.04. The number of thiophene rings is 1. The molecule has 14 heteroatoms. The van der Waals surface area contributed by atoms with E-state index >= 15 is 0 Å². The maximum absolute atomic E-state index is 13.8. The molecular weight excluding hydrogens is 623 g/mol. The Hall–Kier alpha value is -3.22. The SMILES string of the molecule is NC(=O)C(Cc1ccc2ccccc2c1)NC(=O)C1CCCCN1C(=O)C(CSCP(=O)(O)O)NC(=O)CCc1cccs1. The zero-order valence-electron chi connectivity index (χ0n) is 24.1. The van der Waals surface area contributed by atoms with Gasteiger partial charge in [0, 0.05) is 30.0 Å². The number of primary amides is 1. The van der Waals surface area contributed by atoms with E-state index in [1.165, 1.54) is 16.2 Å². The van der Waals surface area contributed by atoms with Gasteiger partial charge in [0.1, 0.15) is 18.1 Å². The molecule has 1 aliphatic rings. The van der Waals surface area contributed by atoms with Crippen molar-refractivity contribution in [1.29, 1.82) is 0 Å². The number of aryl methyl sites for hydroxylation is 1. The third-order valence-electron chi connectivity index (χ3n) is 7.36. The zero-order chi connectivity index (χ0) is 31.7. The van der Waals surface area contributed by atoms with Crippen molar-refractivity contribution in [3.05, 3.63) is 70.4 Å². The van der Waals surface area contributed by atoms with Crippen LogP contribution >= 0.6 is 30.7 Å². The fourth-order valence-electron chi connectivity index (χ4n) is 5.18. The number of nitrogens with zero attached hydrogens (tertiary/aromatic N) is 1. The van der Waals surface area contributed by atoms with E-state index in [1.54, 1.807) is 0 Å². The van der Waals surface area contributed by atoms with Crippen LogP contribution in [0.15, 0.2) is 60.0 Å². The molecule has 0 saturated carbocycles. The summed E-state index contributed by atoms with van der Waals surface area (Å²) < 4.78 is 11.4. The molecule has 6 N–H and O–H groups in total. The quantitative estimate of drug-likeness (QED) is 0.164. The van der Waals surface area contributed by atoms with Gasteiger partial charge in [0.2, 0.25) is 23.6 Å². The van der Waals surface area contributed by atoms with E-state index in [4.69, 9.17) is 5.73 Å². The maximum Gasteiger partial charge on any atom is 0.335 e. The molecule has 1 aliphatic heterocycles. The summed E-state index contributed by atoms with van der Waals surface area (Å²) in [6, 6.07) is 14.3. The van der Waals surface area contributed by atoms with Gasteiger partial charge in [-0.05, 0) is 53.5 Å². The van der Waals surface area contributed by atoms with Crippen molar-refractivity contribution in [3.63, 3.8) is 0 Å². The Kier molecular flexibility index (Phi) is 12.0. The molecule has 11 nitrogen and oxygen atoms in total. The smallest absolute Gasteiger partial charge is 0.335 e. The first kappa shape index (κ1) is 33.7. The number of hydrogen-bond donors (Lipinski definition) is 5. The maximum atomic E-state index is 13.8. The molecule has 236 valence electrons. The Labute approximate surface area is 264 Å². The van der Waals surface area contributed by atoms with Gasteiger partial charge >= 0.3 is 7.60 Å². The minimum Gasteiger partial charge on any atom is -0.368 e. The van der Waals surface area contributed by atoms with Gasteiger partial charge in [-0.3, -0.25) is 23.7 Å². The number of thioether (sulfide) groups is 1. The third kappa shape index (κ3) is 9.90. The number of carbonyl (C=O) groups excluding carboxylic acids is 4. The Morgan fingerprint density at radius 2 is 1.80 bits per heavy atom. The highest BCUT2D eigenvalue weighted by atomic mass is 32.2. The standard InChI is InChI=1S/C30H37N4O7PS2/c31-28(36)24(17-20-10-11-21-6-1-2-7-22(21)16-20)33-29(37)26-9-3-4-14-34(26)30(38)25(18-43-19-42(39,40)41)32-27(35)13-12-23-8-5-15-44-23/h1-2,5-8,10-11,15-16,24-26H,3-4,9,12-14,17-19H2,(H2,31,36)(H,32,35)(H,33,37)(H2,39,40,41). The summed E-state index contributed by atoms with van der Waals surface area (Å²) >= 11 is 2.38. The number of carbonyl (C=O) groups is 4. The summed E-state index contributed by atoms with van der Waals surface area (Å²) in [6.07, 6.45) is 2.47. The van der Waals surface area contributed by atoms with Crippen LogP contribution in [0.3, 0.4) is 0 Å². The molecule has 2 heterocycles. The number of likely N-dealkylation sites (tertiary alicyclic amines) is 1. The van der Waals surface area contributed by atoms with Gasteiger partial charge in [-0.2, -0.15) is 0 Å². The fourth-order valence-corrected chi connectivity index (χ4v) is 7.73. The number of benzene rings is 2. The first-order valence-electron chi connectivity index (χ1n) is 14.3. The van der Waals surface area contributed by atoms with Crippen molar-refractivity contribution < 1.29 is 33.5 Å². The molecular formula is C30H37N4O7PS2. The molecule has 3 unspecified atom stereocenters. The summed E-state index contributed by atoms with van der Waals surface area (Å²) in [6.45, 7) is 0.257. The van der Waals surface area contributed by atoms with Crippen molar-refractivity contribution in [1.82, 2.24) is 15.5 Å². The van der Waals surface area contributed by atoms with Crippen molar-refractivity contribution >= 4 is 65.1 Å². The summed E-state index contributed by atoms with van der Waals surface area (Å²) in [5, 5.41) is 9.41. The number of amides is 4. The van der Waals surface area contributed by atoms with Crippen LogP contribution in [0.4, 0.5) is 0 Å². The van der Waals surface area contributed by atoms with Gasteiger partial charge in [-0.25, -0.2) is 0 Å². The molecule has 1 fully saturated rings. The second-order valence-electron chi connectivity index (χ2n) is 10.8. The average Bonchev–Trinajstić information content (AvgIpc) is 3.52. The number of nitrogens with two attached hydrogens (primary N) is 1. The van der Waals surface area contributed by atoms with E-state index in [9.17, 15) is 33.5 Å². The molecule has 1 aromatic heterocycles. The Morgan fingerprint density at radius 1 is 1.02 bits per heavy atom. The molecule has 0 aliphatic carbocycles. The predicted molar refractivity (Wildman–Crippen MR) is 172 cm³/mol. The number of hydrogen-bond acceptors (Lipinski definition) is 7. The second-order valence-corrected chi connectivity index (χ2v) is 14.9. The third-order valence-corrected chi connectivity index (χ3v) is 10.9. The van der Waals surface area contributed by atoms with E-state index in [0.717, 1.165) is 33.0 Å². The van der Waals surface area contributed by atoms with E-state index in [2.05, 4.69) is 10.6 Å². The number of nitrogens with one attached hydrogen (secondary N) is 2. The summed E-state index contributed by atoms with van der Waals surface area (Å²) in [4.78, 5) is 73.6. The van der Waals surface area contributed by atoms with Crippen LogP contribution in [-0.4, -0.2) is 74.2 Å². The molecule has 1 saturated heterocycles. The molecule has 0 spiro atoms. The first-order chi connectivity index (χ1) is 21.0. The van der Waals surface area contributed by atoms with Crippen LogP contribution in [0.25, 0.3) is 10.8 Å². The van der Waals surface area contributed by atoms with Crippen LogP contribution in [0, 0.1) is 0 Å². The Bertz CT molecular complexity index is 1510. The minimum absolute atomic E-state index is 0.0780. The van der Waals surface area contributed by atoms with Crippen LogP contribution in [0.1, 0.15) is 36.1 Å². The zero-order valence-corrected chi connectivity index (χ0v) is 26.6. The predicted octanol–water partition coefficient (Wildman–Crippen LogP) is 2.78. The normalized spacial score (nSPS) is 16.7.